The van der Waals surface area contributed by atoms with Gasteiger partial charge in [-0.05, 0) is 25.1 Å². The number of rotatable bonds is 6. The van der Waals surface area contributed by atoms with Crippen molar-refractivity contribution in [3.8, 4) is 0 Å². The summed E-state index contributed by atoms with van der Waals surface area (Å²) in [5.74, 6) is 0.00679. The minimum absolute atomic E-state index is 0. The van der Waals surface area contributed by atoms with Crippen LogP contribution >= 0.6 is 35.6 Å². The van der Waals surface area contributed by atoms with Gasteiger partial charge in [0.15, 0.2) is 0 Å². The minimum atomic E-state index is -0.0372. The van der Waals surface area contributed by atoms with E-state index in [0.29, 0.717) is 29.6 Å². The van der Waals surface area contributed by atoms with E-state index < -0.39 is 0 Å². The Kier molecular flexibility index (Phi) is 9.19. The third-order valence-electron chi connectivity index (χ3n) is 2.68. The highest BCUT2D eigenvalue weighted by Gasteiger charge is 2.11. The first-order valence-corrected chi connectivity index (χ1v) is 6.67. The van der Waals surface area contributed by atoms with Gasteiger partial charge in [0, 0.05) is 19.0 Å². The second-order valence-corrected chi connectivity index (χ2v) is 5.00. The van der Waals surface area contributed by atoms with Crippen molar-refractivity contribution in [3.05, 3.63) is 33.8 Å². The van der Waals surface area contributed by atoms with E-state index in [2.05, 4.69) is 10.6 Å². The Balaban J connectivity index is 0.00000324. The maximum Gasteiger partial charge on any atom is 0.224 e. The molecule has 1 unspecified atom stereocenters. The number of amides is 1. The van der Waals surface area contributed by atoms with E-state index in [1.54, 1.807) is 6.07 Å². The average Bonchev–Trinajstić information content (AvgIpc) is 2.34. The normalized spacial score (nSPS) is 11.6. The fraction of sp³-hybridized carbons (Fsp3) is 0.462. The van der Waals surface area contributed by atoms with Gasteiger partial charge in [0.1, 0.15) is 0 Å². The van der Waals surface area contributed by atoms with Gasteiger partial charge in [0.05, 0.1) is 10.0 Å². The van der Waals surface area contributed by atoms with Crippen molar-refractivity contribution >= 4 is 41.5 Å². The van der Waals surface area contributed by atoms with Crippen LogP contribution in [0.1, 0.15) is 12.5 Å². The quantitative estimate of drug-likeness (QED) is 0.844. The molecule has 3 nitrogen and oxygen atoms in total. The fourth-order valence-corrected chi connectivity index (χ4v) is 2.05. The lowest BCUT2D eigenvalue weighted by molar-refractivity contribution is -0.124. The van der Waals surface area contributed by atoms with Crippen LogP contribution in [0.2, 0.25) is 10.0 Å². The standard InChI is InChI=1S/C13H18Cl2N2O.ClH/c1-9(8-16-2)13(18)17-7-6-10-4-3-5-11(14)12(10)15;/h3-5,9,16H,6-8H2,1-2H3,(H,17,18);1H. The van der Waals surface area contributed by atoms with Crippen LogP contribution in [0.4, 0.5) is 0 Å². The number of carbonyl (C=O) groups is 1. The first-order chi connectivity index (χ1) is 8.56. The van der Waals surface area contributed by atoms with Crippen LogP contribution < -0.4 is 10.6 Å². The van der Waals surface area contributed by atoms with E-state index in [4.69, 9.17) is 23.2 Å². The first kappa shape index (κ1) is 18.5. The predicted molar refractivity (Wildman–Crippen MR) is 83.5 cm³/mol. The van der Waals surface area contributed by atoms with E-state index in [1.165, 1.54) is 0 Å². The molecule has 1 aromatic rings. The van der Waals surface area contributed by atoms with Crippen LogP contribution in [0.3, 0.4) is 0 Å². The lowest BCUT2D eigenvalue weighted by Crippen LogP contribution is -2.35. The summed E-state index contributed by atoms with van der Waals surface area (Å²) in [6, 6.07) is 5.52. The summed E-state index contributed by atoms with van der Waals surface area (Å²) >= 11 is 12.0. The highest BCUT2D eigenvalue weighted by molar-refractivity contribution is 6.42. The van der Waals surface area contributed by atoms with Crippen molar-refractivity contribution in [2.45, 2.75) is 13.3 Å². The number of hydrogen-bond donors (Lipinski definition) is 2. The summed E-state index contributed by atoms with van der Waals surface area (Å²) in [5, 5.41) is 6.97. The molecule has 1 atom stereocenters. The largest absolute Gasteiger partial charge is 0.355 e. The van der Waals surface area contributed by atoms with Gasteiger partial charge in [-0.2, -0.15) is 0 Å². The Bertz CT molecular complexity index is 413. The number of halogens is 3. The van der Waals surface area contributed by atoms with Gasteiger partial charge >= 0.3 is 0 Å². The van der Waals surface area contributed by atoms with Crippen molar-refractivity contribution in [1.82, 2.24) is 10.6 Å². The molecule has 0 saturated carbocycles. The highest BCUT2D eigenvalue weighted by atomic mass is 35.5. The molecule has 0 spiro atoms. The molecule has 108 valence electrons. The third-order valence-corrected chi connectivity index (χ3v) is 3.54. The van der Waals surface area contributed by atoms with Gasteiger partial charge in [-0.25, -0.2) is 0 Å². The molecule has 2 N–H and O–H groups in total. The molecule has 0 radical (unpaired) electrons. The molecule has 0 aromatic heterocycles. The van der Waals surface area contributed by atoms with E-state index in [-0.39, 0.29) is 24.2 Å². The molecule has 0 saturated heterocycles. The minimum Gasteiger partial charge on any atom is -0.355 e. The summed E-state index contributed by atoms with van der Waals surface area (Å²) in [5.41, 5.74) is 0.950. The van der Waals surface area contributed by atoms with Crippen LogP contribution in [0.15, 0.2) is 18.2 Å². The Morgan fingerprint density at radius 1 is 1.37 bits per heavy atom. The highest BCUT2D eigenvalue weighted by Crippen LogP contribution is 2.25. The summed E-state index contributed by atoms with van der Waals surface area (Å²) in [6.07, 6.45) is 0.678. The van der Waals surface area contributed by atoms with Crippen molar-refractivity contribution in [2.24, 2.45) is 5.92 Å². The lowest BCUT2D eigenvalue weighted by Gasteiger charge is -2.12. The number of nitrogens with one attached hydrogen (secondary N) is 2. The fourth-order valence-electron chi connectivity index (χ4n) is 1.64. The smallest absolute Gasteiger partial charge is 0.224 e. The van der Waals surface area contributed by atoms with E-state index in [9.17, 15) is 4.79 Å². The maximum absolute atomic E-state index is 11.7. The molecule has 0 heterocycles. The lowest BCUT2D eigenvalue weighted by atomic mass is 10.1. The van der Waals surface area contributed by atoms with Gasteiger partial charge in [-0.3, -0.25) is 4.79 Å². The molecule has 0 aliphatic carbocycles. The van der Waals surface area contributed by atoms with E-state index >= 15 is 0 Å². The summed E-state index contributed by atoms with van der Waals surface area (Å²) in [6.45, 7) is 3.12. The van der Waals surface area contributed by atoms with Gasteiger partial charge < -0.3 is 10.6 Å². The van der Waals surface area contributed by atoms with Crippen LogP contribution in [0, 0.1) is 5.92 Å². The van der Waals surface area contributed by atoms with Crippen LogP contribution in [-0.4, -0.2) is 26.0 Å². The summed E-state index contributed by atoms with van der Waals surface area (Å²) < 4.78 is 0. The molecule has 1 aromatic carbocycles. The second kappa shape index (κ2) is 9.43. The Hall–Kier alpha value is -0.480. The van der Waals surface area contributed by atoms with Crippen LogP contribution in [0.25, 0.3) is 0 Å². The molecule has 0 bridgehead atoms. The molecule has 19 heavy (non-hydrogen) atoms. The number of benzene rings is 1. The Labute approximate surface area is 130 Å². The average molecular weight is 326 g/mol. The summed E-state index contributed by atoms with van der Waals surface area (Å²) in [4.78, 5) is 11.7. The zero-order valence-electron chi connectivity index (χ0n) is 11.0. The zero-order chi connectivity index (χ0) is 13.5. The van der Waals surface area contributed by atoms with Crippen LogP contribution in [0.5, 0.6) is 0 Å². The predicted octanol–water partition coefficient (Wildman–Crippen LogP) is 2.93. The molecule has 1 amide bonds. The topological polar surface area (TPSA) is 41.1 Å². The SMILES string of the molecule is CNCC(C)C(=O)NCCc1cccc(Cl)c1Cl.Cl. The maximum atomic E-state index is 11.7. The molecule has 6 heteroatoms. The van der Waals surface area contributed by atoms with E-state index in [1.807, 2.05) is 26.1 Å². The van der Waals surface area contributed by atoms with Gasteiger partial charge in [0.25, 0.3) is 0 Å². The number of hydrogen-bond acceptors (Lipinski definition) is 2. The van der Waals surface area contributed by atoms with Crippen molar-refractivity contribution in [2.75, 3.05) is 20.1 Å². The Morgan fingerprint density at radius 3 is 2.68 bits per heavy atom. The van der Waals surface area contributed by atoms with Crippen molar-refractivity contribution in [1.29, 1.82) is 0 Å². The molecule has 0 fully saturated rings. The van der Waals surface area contributed by atoms with E-state index in [0.717, 1.165) is 5.56 Å². The number of carbonyl (C=O) groups excluding carboxylic acids is 1. The molecule has 1 rings (SSSR count). The van der Waals surface area contributed by atoms with Gasteiger partial charge in [-0.1, -0.05) is 42.3 Å². The van der Waals surface area contributed by atoms with Gasteiger partial charge in [0.2, 0.25) is 5.91 Å². The third kappa shape index (κ3) is 6.00. The molecule has 0 aliphatic rings. The van der Waals surface area contributed by atoms with Gasteiger partial charge in [-0.15, -0.1) is 12.4 Å². The first-order valence-electron chi connectivity index (χ1n) is 5.91. The zero-order valence-corrected chi connectivity index (χ0v) is 13.3. The molecular formula is C13H19Cl3N2O. The monoisotopic (exact) mass is 324 g/mol. The second-order valence-electron chi connectivity index (χ2n) is 4.21. The van der Waals surface area contributed by atoms with Crippen LogP contribution in [-0.2, 0) is 11.2 Å². The molecule has 0 aliphatic heterocycles. The summed E-state index contributed by atoms with van der Waals surface area (Å²) in [7, 11) is 1.83. The molecular weight excluding hydrogens is 307 g/mol. The van der Waals surface area contributed by atoms with Crippen molar-refractivity contribution < 1.29 is 4.79 Å². The van der Waals surface area contributed by atoms with Crippen molar-refractivity contribution in [3.63, 3.8) is 0 Å². The Morgan fingerprint density at radius 2 is 2.05 bits per heavy atom.